The van der Waals surface area contributed by atoms with Crippen molar-refractivity contribution in [3.05, 3.63) is 67.0 Å². The minimum absolute atomic E-state index is 0. The number of hydrogen-bond acceptors (Lipinski definition) is 3. The van der Waals surface area contributed by atoms with E-state index in [0.717, 1.165) is 22.8 Å². The number of halogens is 2. The van der Waals surface area contributed by atoms with E-state index in [1.165, 1.54) is 0 Å². The van der Waals surface area contributed by atoms with Crippen LogP contribution >= 0.6 is 0 Å². The molecule has 21 heavy (non-hydrogen) atoms. The van der Waals surface area contributed by atoms with Gasteiger partial charge in [0.15, 0.2) is 0 Å². The van der Waals surface area contributed by atoms with Gasteiger partial charge < -0.3 is 34.0 Å². The predicted octanol–water partition coefficient (Wildman–Crippen LogP) is -2.79. The predicted molar refractivity (Wildman–Crippen MR) is 70.7 cm³/mol. The summed E-state index contributed by atoms with van der Waals surface area (Å²) < 4.78 is 0. The summed E-state index contributed by atoms with van der Waals surface area (Å²) in [6.45, 7) is 0. The van der Waals surface area contributed by atoms with Crippen LogP contribution in [0.1, 0.15) is 0 Å². The second kappa shape index (κ2) is 9.79. The average Bonchev–Trinajstić information content (AvgIpc) is 2.49. The molecule has 6 heteroatoms. The van der Waals surface area contributed by atoms with Crippen LogP contribution in [0.4, 0.5) is 0 Å². The van der Waals surface area contributed by atoms with Crippen molar-refractivity contribution in [2.75, 3.05) is 0 Å². The molecule has 0 radical (unpaired) electrons. The van der Waals surface area contributed by atoms with E-state index in [4.69, 9.17) is 0 Å². The molecule has 0 bridgehead atoms. The first-order chi connectivity index (χ1) is 8.93. The number of aromatic nitrogens is 3. The van der Waals surface area contributed by atoms with Gasteiger partial charge in [-0.25, -0.2) is 4.98 Å². The van der Waals surface area contributed by atoms with Gasteiger partial charge in [0.05, 0.1) is 22.8 Å². The molecule has 0 saturated carbocycles. The SMILES string of the molecule is [Br-].[Br-].[Fe+2].c1ccc(-c2cccc(-c3ccccn3)n2)nc1. The second-order valence-electron chi connectivity index (χ2n) is 3.84. The standard InChI is InChI=1S/C15H11N3.2BrH.Fe/c1-3-10-16-12(6-1)14-8-5-9-15(18-14)13-7-2-4-11-17-13;;;/h1-11H;2*1H;/q;;;+2/p-2. The molecule has 108 valence electrons. The Bertz CT molecular complexity index is 597. The van der Waals surface area contributed by atoms with Gasteiger partial charge >= 0.3 is 17.1 Å². The molecule has 0 fully saturated rings. The molecular formula is C15H11Br2FeN3. The van der Waals surface area contributed by atoms with E-state index in [-0.39, 0.29) is 51.0 Å². The van der Waals surface area contributed by atoms with Gasteiger partial charge in [-0.2, -0.15) is 0 Å². The van der Waals surface area contributed by atoms with Crippen LogP contribution in [0, 0.1) is 0 Å². The van der Waals surface area contributed by atoms with Gasteiger partial charge in [0, 0.05) is 12.4 Å². The van der Waals surface area contributed by atoms with Crippen LogP contribution in [-0.4, -0.2) is 15.0 Å². The molecule has 0 aromatic carbocycles. The van der Waals surface area contributed by atoms with Crippen LogP contribution in [0.5, 0.6) is 0 Å². The minimum Gasteiger partial charge on any atom is -1.00 e. The summed E-state index contributed by atoms with van der Waals surface area (Å²) in [5, 5.41) is 0. The maximum Gasteiger partial charge on any atom is 2.00 e. The third kappa shape index (κ3) is 5.00. The van der Waals surface area contributed by atoms with Gasteiger partial charge in [0.2, 0.25) is 0 Å². The van der Waals surface area contributed by atoms with E-state index in [1.54, 1.807) is 12.4 Å². The largest absolute Gasteiger partial charge is 2.00 e. The van der Waals surface area contributed by atoms with Crippen LogP contribution in [0.3, 0.4) is 0 Å². The van der Waals surface area contributed by atoms with Crippen molar-refractivity contribution in [1.29, 1.82) is 0 Å². The molecule has 0 aliphatic carbocycles. The van der Waals surface area contributed by atoms with Gasteiger partial charge in [-0.05, 0) is 36.4 Å². The molecule has 3 aromatic rings. The zero-order valence-electron chi connectivity index (χ0n) is 10.8. The summed E-state index contributed by atoms with van der Waals surface area (Å²) in [4.78, 5) is 13.2. The van der Waals surface area contributed by atoms with Crippen molar-refractivity contribution < 1.29 is 51.0 Å². The molecule has 3 heterocycles. The van der Waals surface area contributed by atoms with Gasteiger partial charge in [-0.1, -0.05) is 18.2 Å². The minimum atomic E-state index is 0. The quantitative estimate of drug-likeness (QED) is 0.398. The summed E-state index contributed by atoms with van der Waals surface area (Å²) in [6, 6.07) is 17.5. The molecule has 3 nitrogen and oxygen atoms in total. The Morgan fingerprint density at radius 2 is 0.952 bits per heavy atom. The Labute approximate surface area is 155 Å². The summed E-state index contributed by atoms with van der Waals surface area (Å²) >= 11 is 0. The van der Waals surface area contributed by atoms with E-state index in [0.29, 0.717) is 0 Å². The normalized spacial score (nSPS) is 8.76. The third-order valence-corrected chi connectivity index (χ3v) is 2.60. The maximum absolute atomic E-state index is 4.59. The summed E-state index contributed by atoms with van der Waals surface area (Å²) in [5.41, 5.74) is 3.46. The zero-order chi connectivity index (χ0) is 12.2. The van der Waals surface area contributed by atoms with E-state index in [9.17, 15) is 0 Å². The number of nitrogens with zero attached hydrogens (tertiary/aromatic N) is 3. The fourth-order valence-electron chi connectivity index (χ4n) is 1.75. The van der Waals surface area contributed by atoms with Crippen molar-refractivity contribution in [3.8, 4) is 22.8 Å². The van der Waals surface area contributed by atoms with Crippen LogP contribution in [0.25, 0.3) is 22.8 Å². The Balaban J connectivity index is 0.00000133. The summed E-state index contributed by atoms with van der Waals surface area (Å²) in [7, 11) is 0. The van der Waals surface area contributed by atoms with Crippen molar-refractivity contribution in [3.63, 3.8) is 0 Å². The number of pyridine rings is 3. The van der Waals surface area contributed by atoms with Crippen LogP contribution in [-0.2, 0) is 17.1 Å². The Morgan fingerprint density at radius 1 is 0.524 bits per heavy atom. The molecule has 0 N–H and O–H groups in total. The first kappa shape index (κ1) is 19.9. The van der Waals surface area contributed by atoms with Crippen molar-refractivity contribution in [2.24, 2.45) is 0 Å². The fourth-order valence-corrected chi connectivity index (χ4v) is 1.75. The van der Waals surface area contributed by atoms with Gasteiger partial charge in [-0.3, -0.25) is 9.97 Å². The Hall–Kier alpha value is -1.07. The molecule has 0 amide bonds. The molecule has 0 atom stereocenters. The molecule has 3 aromatic heterocycles. The number of hydrogen-bond donors (Lipinski definition) is 0. The van der Waals surface area contributed by atoms with Crippen molar-refractivity contribution in [1.82, 2.24) is 15.0 Å². The van der Waals surface area contributed by atoms with E-state index < -0.39 is 0 Å². The topological polar surface area (TPSA) is 38.7 Å². The summed E-state index contributed by atoms with van der Waals surface area (Å²) in [6.07, 6.45) is 3.54. The first-order valence-electron chi connectivity index (χ1n) is 5.73. The molecule has 0 aliphatic rings. The fraction of sp³-hybridized carbons (Fsp3) is 0. The molecule has 3 rings (SSSR count). The molecule has 0 aliphatic heterocycles. The molecular weight excluding hydrogens is 438 g/mol. The number of rotatable bonds is 2. The van der Waals surface area contributed by atoms with Gasteiger partial charge in [0.1, 0.15) is 0 Å². The van der Waals surface area contributed by atoms with Crippen LogP contribution in [0.15, 0.2) is 67.0 Å². The van der Waals surface area contributed by atoms with Crippen molar-refractivity contribution in [2.45, 2.75) is 0 Å². The Kier molecular flexibility index (Phi) is 9.29. The van der Waals surface area contributed by atoms with E-state index in [2.05, 4.69) is 15.0 Å². The van der Waals surface area contributed by atoms with Gasteiger partial charge in [-0.15, -0.1) is 0 Å². The first-order valence-corrected chi connectivity index (χ1v) is 5.73. The monoisotopic (exact) mass is 447 g/mol. The van der Waals surface area contributed by atoms with E-state index >= 15 is 0 Å². The smallest absolute Gasteiger partial charge is 1.00 e. The van der Waals surface area contributed by atoms with Gasteiger partial charge in [0.25, 0.3) is 0 Å². The zero-order valence-corrected chi connectivity index (χ0v) is 15.1. The molecule has 0 saturated heterocycles. The Morgan fingerprint density at radius 3 is 1.33 bits per heavy atom. The summed E-state index contributed by atoms with van der Waals surface area (Å²) in [5.74, 6) is 0. The average molecular weight is 449 g/mol. The van der Waals surface area contributed by atoms with E-state index in [1.807, 2.05) is 54.6 Å². The molecule has 0 spiro atoms. The second-order valence-corrected chi connectivity index (χ2v) is 3.84. The van der Waals surface area contributed by atoms with Crippen LogP contribution in [0.2, 0.25) is 0 Å². The van der Waals surface area contributed by atoms with Crippen molar-refractivity contribution >= 4 is 0 Å². The maximum atomic E-state index is 4.59. The molecule has 0 unspecified atom stereocenters. The third-order valence-electron chi connectivity index (χ3n) is 2.60. The van der Waals surface area contributed by atoms with Crippen LogP contribution < -0.4 is 34.0 Å².